The van der Waals surface area contributed by atoms with Gasteiger partial charge in [0.05, 0.1) is 6.61 Å². The predicted molar refractivity (Wildman–Crippen MR) is 81.9 cm³/mol. The van der Waals surface area contributed by atoms with E-state index in [9.17, 15) is 0 Å². The molecular formula is C16H18N2O3. The van der Waals surface area contributed by atoms with Crippen LogP contribution < -0.4 is 25.3 Å². The molecule has 1 aliphatic heterocycles. The number of hydrogen-bond acceptors (Lipinski definition) is 5. The SMILES string of the molecule is CCOc1cc(N)cc(NCc2ccc3c(c2)OCO3)c1. The number of anilines is 2. The van der Waals surface area contributed by atoms with Crippen LogP contribution in [-0.2, 0) is 6.54 Å². The molecule has 0 aliphatic carbocycles. The lowest BCUT2D eigenvalue weighted by molar-refractivity contribution is 0.174. The van der Waals surface area contributed by atoms with Crippen molar-refractivity contribution in [3.63, 3.8) is 0 Å². The van der Waals surface area contributed by atoms with Gasteiger partial charge in [-0.15, -0.1) is 0 Å². The van der Waals surface area contributed by atoms with E-state index in [1.54, 1.807) is 0 Å². The van der Waals surface area contributed by atoms with Gasteiger partial charge in [-0.25, -0.2) is 0 Å². The van der Waals surface area contributed by atoms with Crippen molar-refractivity contribution in [2.75, 3.05) is 24.5 Å². The van der Waals surface area contributed by atoms with Crippen molar-refractivity contribution in [2.24, 2.45) is 0 Å². The van der Waals surface area contributed by atoms with E-state index in [4.69, 9.17) is 19.9 Å². The van der Waals surface area contributed by atoms with Crippen molar-refractivity contribution in [1.82, 2.24) is 0 Å². The third kappa shape index (κ3) is 3.13. The minimum Gasteiger partial charge on any atom is -0.494 e. The smallest absolute Gasteiger partial charge is 0.231 e. The lowest BCUT2D eigenvalue weighted by Gasteiger charge is -2.11. The van der Waals surface area contributed by atoms with Crippen LogP contribution in [0.3, 0.4) is 0 Å². The monoisotopic (exact) mass is 286 g/mol. The van der Waals surface area contributed by atoms with Crippen LogP contribution >= 0.6 is 0 Å². The summed E-state index contributed by atoms with van der Waals surface area (Å²) in [7, 11) is 0. The fraction of sp³-hybridized carbons (Fsp3) is 0.250. The van der Waals surface area contributed by atoms with E-state index < -0.39 is 0 Å². The van der Waals surface area contributed by atoms with E-state index in [2.05, 4.69) is 5.32 Å². The molecule has 0 fully saturated rings. The van der Waals surface area contributed by atoms with Crippen LogP contribution in [0, 0.1) is 0 Å². The minimum absolute atomic E-state index is 0.291. The molecule has 0 aromatic heterocycles. The first-order valence-electron chi connectivity index (χ1n) is 6.90. The number of nitrogen functional groups attached to an aromatic ring is 1. The molecule has 0 amide bonds. The van der Waals surface area contributed by atoms with Gasteiger partial charge in [-0.3, -0.25) is 0 Å². The average Bonchev–Trinajstić information content (AvgIpc) is 2.92. The van der Waals surface area contributed by atoms with Gasteiger partial charge in [0, 0.05) is 30.1 Å². The molecule has 21 heavy (non-hydrogen) atoms. The normalized spacial score (nSPS) is 12.2. The van der Waals surface area contributed by atoms with Gasteiger partial charge in [0.25, 0.3) is 0 Å². The van der Waals surface area contributed by atoms with Gasteiger partial charge in [0.15, 0.2) is 11.5 Å². The Bertz CT molecular complexity index is 643. The predicted octanol–water partition coefficient (Wildman–Crippen LogP) is 3.01. The number of benzene rings is 2. The first-order chi connectivity index (χ1) is 10.2. The van der Waals surface area contributed by atoms with Crippen LogP contribution in [0.2, 0.25) is 0 Å². The molecule has 0 atom stereocenters. The van der Waals surface area contributed by atoms with Crippen molar-refractivity contribution in [1.29, 1.82) is 0 Å². The van der Waals surface area contributed by atoms with Crippen LogP contribution in [0.4, 0.5) is 11.4 Å². The summed E-state index contributed by atoms with van der Waals surface area (Å²) in [4.78, 5) is 0. The Morgan fingerprint density at radius 1 is 1.14 bits per heavy atom. The van der Waals surface area contributed by atoms with Gasteiger partial charge in [0.1, 0.15) is 5.75 Å². The maximum Gasteiger partial charge on any atom is 0.231 e. The number of rotatable bonds is 5. The number of hydrogen-bond donors (Lipinski definition) is 2. The zero-order chi connectivity index (χ0) is 14.7. The largest absolute Gasteiger partial charge is 0.494 e. The van der Waals surface area contributed by atoms with Gasteiger partial charge in [0.2, 0.25) is 6.79 Å². The van der Waals surface area contributed by atoms with Crippen molar-refractivity contribution in [3.8, 4) is 17.2 Å². The molecular weight excluding hydrogens is 268 g/mol. The number of fused-ring (bicyclic) bond motifs is 1. The Balaban J connectivity index is 1.69. The van der Waals surface area contributed by atoms with Crippen molar-refractivity contribution >= 4 is 11.4 Å². The zero-order valence-corrected chi connectivity index (χ0v) is 11.9. The summed E-state index contributed by atoms with van der Waals surface area (Å²) in [6, 6.07) is 11.5. The Morgan fingerprint density at radius 2 is 2.00 bits per heavy atom. The molecule has 0 spiro atoms. The zero-order valence-electron chi connectivity index (χ0n) is 11.9. The summed E-state index contributed by atoms with van der Waals surface area (Å²) >= 11 is 0. The van der Waals surface area contributed by atoms with Crippen molar-refractivity contribution in [3.05, 3.63) is 42.0 Å². The summed E-state index contributed by atoms with van der Waals surface area (Å²) in [5.74, 6) is 2.35. The summed E-state index contributed by atoms with van der Waals surface area (Å²) < 4.78 is 16.2. The van der Waals surface area contributed by atoms with Crippen molar-refractivity contribution in [2.45, 2.75) is 13.5 Å². The highest BCUT2D eigenvalue weighted by Gasteiger charge is 2.12. The van der Waals surface area contributed by atoms with Crippen LogP contribution in [0.15, 0.2) is 36.4 Å². The van der Waals surface area contributed by atoms with E-state index in [-0.39, 0.29) is 0 Å². The molecule has 0 radical (unpaired) electrons. The molecule has 0 saturated carbocycles. The molecule has 5 nitrogen and oxygen atoms in total. The summed E-state index contributed by atoms with van der Waals surface area (Å²) in [6.45, 7) is 3.53. The lowest BCUT2D eigenvalue weighted by Crippen LogP contribution is -2.01. The third-order valence-electron chi connectivity index (χ3n) is 3.17. The standard InChI is InChI=1S/C16H18N2O3/c1-2-19-14-7-12(17)6-13(8-14)18-9-11-3-4-15-16(5-11)21-10-20-15/h3-8,18H,2,9-10,17H2,1H3. The third-order valence-corrected chi connectivity index (χ3v) is 3.17. The topological polar surface area (TPSA) is 65.7 Å². The Kier molecular flexibility index (Phi) is 3.73. The quantitative estimate of drug-likeness (QED) is 0.827. The Labute approximate surface area is 123 Å². The molecule has 0 saturated heterocycles. The number of nitrogens with one attached hydrogen (secondary N) is 1. The fourth-order valence-corrected chi connectivity index (χ4v) is 2.23. The summed E-state index contributed by atoms with van der Waals surface area (Å²) in [5, 5.41) is 3.34. The van der Waals surface area contributed by atoms with Crippen LogP contribution in [0.5, 0.6) is 17.2 Å². The van der Waals surface area contributed by atoms with Gasteiger partial charge >= 0.3 is 0 Å². The van der Waals surface area contributed by atoms with Gasteiger partial charge in [-0.1, -0.05) is 6.07 Å². The van der Waals surface area contributed by atoms with E-state index in [1.165, 1.54) is 0 Å². The van der Waals surface area contributed by atoms with Gasteiger partial charge in [-0.05, 0) is 30.7 Å². The van der Waals surface area contributed by atoms with Gasteiger partial charge < -0.3 is 25.3 Å². The van der Waals surface area contributed by atoms with E-state index >= 15 is 0 Å². The number of nitrogens with two attached hydrogens (primary N) is 1. The highest BCUT2D eigenvalue weighted by atomic mass is 16.7. The van der Waals surface area contributed by atoms with Crippen LogP contribution in [0.1, 0.15) is 12.5 Å². The second-order valence-corrected chi connectivity index (χ2v) is 4.76. The molecule has 110 valence electrons. The number of ether oxygens (including phenoxy) is 3. The Hall–Kier alpha value is -2.56. The lowest BCUT2D eigenvalue weighted by atomic mass is 10.2. The maximum absolute atomic E-state index is 5.88. The summed E-state index contributed by atoms with van der Waals surface area (Å²) in [5.41, 5.74) is 8.59. The molecule has 0 bridgehead atoms. The highest BCUT2D eigenvalue weighted by molar-refractivity contribution is 5.59. The second kappa shape index (κ2) is 5.83. The molecule has 5 heteroatoms. The highest BCUT2D eigenvalue weighted by Crippen LogP contribution is 2.32. The molecule has 2 aromatic carbocycles. The Morgan fingerprint density at radius 3 is 2.86 bits per heavy atom. The second-order valence-electron chi connectivity index (χ2n) is 4.76. The first kappa shape index (κ1) is 13.4. The van der Waals surface area contributed by atoms with E-state index in [0.29, 0.717) is 25.6 Å². The van der Waals surface area contributed by atoms with Crippen LogP contribution in [0.25, 0.3) is 0 Å². The van der Waals surface area contributed by atoms with Crippen molar-refractivity contribution < 1.29 is 14.2 Å². The molecule has 2 aromatic rings. The van der Waals surface area contributed by atoms with Gasteiger partial charge in [-0.2, -0.15) is 0 Å². The molecule has 1 heterocycles. The fourth-order valence-electron chi connectivity index (χ4n) is 2.23. The van der Waals surface area contributed by atoms with Crippen LogP contribution in [-0.4, -0.2) is 13.4 Å². The van der Waals surface area contributed by atoms with E-state index in [1.807, 2.05) is 43.3 Å². The average molecular weight is 286 g/mol. The first-order valence-corrected chi connectivity index (χ1v) is 6.90. The molecule has 3 N–H and O–H groups in total. The molecule has 3 rings (SSSR count). The minimum atomic E-state index is 0.291. The summed E-state index contributed by atoms with van der Waals surface area (Å²) in [6.07, 6.45) is 0. The van der Waals surface area contributed by atoms with E-state index in [0.717, 1.165) is 28.5 Å². The molecule has 1 aliphatic rings. The maximum atomic E-state index is 5.88. The molecule has 0 unspecified atom stereocenters.